The Morgan fingerprint density at radius 1 is 1.12 bits per heavy atom. The summed E-state index contributed by atoms with van der Waals surface area (Å²) in [6.07, 6.45) is 3.94. The molecule has 0 radical (unpaired) electrons. The van der Waals surface area contributed by atoms with Crippen LogP contribution in [0.5, 0.6) is 0 Å². The lowest BCUT2D eigenvalue weighted by atomic mass is 10.4. The lowest BCUT2D eigenvalue weighted by molar-refractivity contribution is 0.0946. The van der Waals surface area contributed by atoms with Gasteiger partial charge in [-0.2, -0.15) is 25.3 Å². The monoisotopic (exact) mass is 284 g/mol. The van der Waals surface area contributed by atoms with E-state index in [2.05, 4.69) is 39.1 Å². The highest BCUT2D eigenvalue weighted by Crippen LogP contribution is 2.17. The molecule has 16 heavy (non-hydrogen) atoms. The second-order valence-electron chi connectivity index (χ2n) is 3.73. The maximum atomic E-state index is 10.3. The molecule has 0 saturated carbocycles. The van der Waals surface area contributed by atoms with Crippen molar-refractivity contribution < 1.29 is 13.6 Å². The number of thiol groups is 2. The first kappa shape index (κ1) is 16.8. The lowest BCUT2D eigenvalue weighted by Crippen LogP contribution is -2.53. The van der Waals surface area contributed by atoms with Crippen molar-refractivity contribution in [2.24, 2.45) is 0 Å². The van der Waals surface area contributed by atoms with Crippen LogP contribution < -0.4 is 0 Å². The van der Waals surface area contributed by atoms with E-state index in [4.69, 9.17) is 8.85 Å². The summed E-state index contributed by atoms with van der Waals surface area (Å²) < 4.78 is 11.0. The fourth-order valence-electron chi connectivity index (χ4n) is 1.07. The molecule has 1 atom stereocenters. The van der Waals surface area contributed by atoms with E-state index in [-0.39, 0.29) is 4.87 Å². The Morgan fingerprint density at radius 3 is 1.88 bits per heavy atom. The van der Waals surface area contributed by atoms with Crippen molar-refractivity contribution in [2.45, 2.75) is 44.4 Å². The minimum absolute atomic E-state index is 0.301. The van der Waals surface area contributed by atoms with Gasteiger partial charge in [0.05, 0.1) is 4.87 Å². The van der Waals surface area contributed by atoms with E-state index < -0.39 is 8.80 Å². The van der Waals surface area contributed by atoms with Crippen molar-refractivity contribution in [2.75, 3.05) is 19.0 Å². The van der Waals surface area contributed by atoms with Crippen LogP contribution in [0.3, 0.4) is 0 Å². The molecule has 0 aliphatic rings. The molecule has 0 aromatic heterocycles. The Kier molecular flexibility index (Phi) is 10.3. The number of rotatable bonds is 10. The smallest absolute Gasteiger partial charge is 0.389 e. The van der Waals surface area contributed by atoms with Gasteiger partial charge in [0, 0.05) is 19.0 Å². The summed E-state index contributed by atoms with van der Waals surface area (Å²) in [5.41, 5.74) is 0. The molecule has 3 nitrogen and oxygen atoms in total. The van der Waals surface area contributed by atoms with Gasteiger partial charge in [0.1, 0.15) is 0 Å². The molecule has 6 heteroatoms. The van der Waals surface area contributed by atoms with E-state index in [0.29, 0.717) is 19.0 Å². The highest BCUT2D eigenvalue weighted by Gasteiger charge is 2.43. The molecule has 0 bridgehead atoms. The van der Waals surface area contributed by atoms with Crippen LogP contribution in [-0.4, -0.2) is 37.4 Å². The molecule has 0 fully saturated rings. The molecule has 0 aliphatic carbocycles. The second kappa shape index (κ2) is 9.79. The van der Waals surface area contributed by atoms with Gasteiger partial charge in [0.25, 0.3) is 0 Å². The summed E-state index contributed by atoms with van der Waals surface area (Å²) >= 11 is 8.44. The van der Waals surface area contributed by atoms with Crippen molar-refractivity contribution in [3.8, 4) is 0 Å². The number of hydrogen-bond acceptors (Lipinski definition) is 5. The quantitative estimate of drug-likeness (QED) is 0.327. The summed E-state index contributed by atoms with van der Waals surface area (Å²) in [5.74, 6) is 0.462. The Bertz CT molecular complexity index is 162. The van der Waals surface area contributed by atoms with Crippen LogP contribution in [0.1, 0.15) is 39.5 Å². The minimum Gasteiger partial charge on any atom is -0.389 e. The van der Waals surface area contributed by atoms with E-state index in [1.807, 2.05) is 0 Å². The van der Waals surface area contributed by atoms with Gasteiger partial charge in [0.2, 0.25) is 0 Å². The van der Waals surface area contributed by atoms with Crippen molar-refractivity contribution in [3.05, 3.63) is 0 Å². The predicted octanol–water partition coefficient (Wildman–Crippen LogP) is 2.32. The maximum Gasteiger partial charge on any atom is 0.512 e. The molecule has 1 unspecified atom stereocenters. The van der Waals surface area contributed by atoms with Gasteiger partial charge in [-0.3, -0.25) is 0 Å². The van der Waals surface area contributed by atoms with Crippen LogP contribution in [0.15, 0.2) is 0 Å². The topological polar surface area (TPSA) is 38.7 Å². The standard InChI is InChI=1S/C10H24O3S2Si/c1-3-5-7-12-16(11,10(15)9-14)13-8-6-4-2/h10-11,14-15H,3-9H2,1-2H3. The van der Waals surface area contributed by atoms with Crippen LogP contribution in [0, 0.1) is 0 Å². The molecule has 0 saturated heterocycles. The molecule has 0 heterocycles. The number of unbranched alkanes of at least 4 members (excludes halogenated alkanes) is 2. The highest BCUT2D eigenvalue weighted by molar-refractivity contribution is 7.86. The lowest BCUT2D eigenvalue weighted by Gasteiger charge is -2.28. The maximum absolute atomic E-state index is 10.3. The van der Waals surface area contributed by atoms with Crippen molar-refractivity contribution >= 4 is 34.1 Å². The van der Waals surface area contributed by atoms with Gasteiger partial charge in [-0.1, -0.05) is 26.7 Å². The second-order valence-corrected chi connectivity index (χ2v) is 7.74. The molecule has 0 rings (SSSR count). The van der Waals surface area contributed by atoms with E-state index in [9.17, 15) is 4.80 Å². The zero-order chi connectivity index (χ0) is 12.4. The predicted molar refractivity (Wildman–Crippen MR) is 76.3 cm³/mol. The van der Waals surface area contributed by atoms with Gasteiger partial charge in [-0.15, -0.1) is 0 Å². The van der Waals surface area contributed by atoms with E-state index in [1.54, 1.807) is 0 Å². The molecule has 0 aromatic carbocycles. The normalized spacial score (nSPS) is 14.1. The van der Waals surface area contributed by atoms with E-state index >= 15 is 0 Å². The minimum atomic E-state index is -3.14. The van der Waals surface area contributed by atoms with Gasteiger partial charge in [0.15, 0.2) is 0 Å². The zero-order valence-electron chi connectivity index (χ0n) is 10.2. The van der Waals surface area contributed by atoms with Crippen LogP contribution in [0.25, 0.3) is 0 Å². The third-order valence-electron chi connectivity index (χ3n) is 2.21. The SMILES string of the molecule is CCCCO[Si](O)(OCCCC)C(S)CS. The Labute approximate surface area is 111 Å². The molecular formula is C10H24O3S2Si. The van der Waals surface area contributed by atoms with Crippen molar-refractivity contribution in [1.82, 2.24) is 0 Å². The summed E-state index contributed by atoms with van der Waals surface area (Å²) in [6, 6.07) is 0. The largest absolute Gasteiger partial charge is 0.512 e. The summed E-state index contributed by atoms with van der Waals surface area (Å²) in [7, 11) is -3.14. The molecule has 0 aromatic rings. The van der Waals surface area contributed by atoms with Crippen molar-refractivity contribution in [1.29, 1.82) is 0 Å². The average Bonchev–Trinajstić information content (AvgIpc) is 2.28. The summed E-state index contributed by atoms with van der Waals surface area (Å²) in [6.45, 7) is 5.24. The summed E-state index contributed by atoms with van der Waals surface area (Å²) in [5, 5.41) is 0. The zero-order valence-corrected chi connectivity index (χ0v) is 13.0. The van der Waals surface area contributed by atoms with Gasteiger partial charge in [-0.05, 0) is 12.8 Å². The number of hydrogen-bond donors (Lipinski definition) is 3. The van der Waals surface area contributed by atoms with E-state index in [0.717, 1.165) is 25.7 Å². The molecule has 1 N–H and O–H groups in total. The first-order valence-electron chi connectivity index (χ1n) is 5.89. The Balaban J connectivity index is 4.13. The van der Waals surface area contributed by atoms with Crippen LogP contribution in [0.4, 0.5) is 0 Å². The fraction of sp³-hybridized carbons (Fsp3) is 1.00. The van der Waals surface area contributed by atoms with Crippen LogP contribution in [-0.2, 0) is 8.85 Å². The van der Waals surface area contributed by atoms with Crippen LogP contribution >= 0.6 is 25.3 Å². The first-order chi connectivity index (χ1) is 7.60. The summed E-state index contributed by atoms with van der Waals surface area (Å²) in [4.78, 5) is 10.0. The Morgan fingerprint density at radius 2 is 1.56 bits per heavy atom. The third-order valence-corrected chi connectivity index (χ3v) is 6.65. The molecule has 98 valence electrons. The molecular weight excluding hydrogens is 260 g/mol. The first-order valence-corrected chi connectivity index (χ1v) is 8.88. The van der Waals surface area contributed by atoms with Gasteiger partial charge in [-0.25, -0.2) is 0 Å². The highest BCUT2D eigenvalue weighted by atomic mass is 32.1. The fourth-order valence-corrected chi connectivity index (χ4v) is 3.79. The molecule has 0 spiro atoms. The van der Waals surface area contributed by atoms with Crippen molar-refractivity contribution in [3.63, 3.8) is 0 Å². The van der Waals surface area contributed by atoms with Crippen LogP contribution in [0.2, 0.25) is 0 Å². The molecule has 0 amide bonds. The van der Waals surface area contributed by atoms with Gasteiger partial charge < -0.3 is 13.6 Å². The average molecular weight is 285 g/mol. The van der Waals surface area contributed by atoms with E-state index in [1.165, 1.54) is 0 Å². The van der Waals surface area contributed by atoms with Gasteiger partial charge >= 0.3 is 8.80 Å². The Hall–Kier alpha value is 0.797. The third kappa shape index (κ3) is 6.51. The molecule has 0 aliphatic heterocycles.